The third-order valence-electron chi connectivity index (χ3n) is 5.62. The van der Waals surface area contributed by atoms with E-state index in [4.69, 9.17) is 10.00 Å². The number of carbonyl (C=O) groups excluding carboxylic acids is 4. The SMILES string of the molecule is C=C(C#N)C(=O)N(C)CCOC[C@H](NC(=O)[C@@H](NC(=O)C(C)(C)C)[C@@H](C)O)C(=O)NCc1ccc(C)cc1F. The van der Waals surface area contributed by atoms with Crippen LogP contribution < -0.4 is 16.0 Å². The van der Waals surface area contributed by atoms with Crippen LogP contribution in [0.4, 0.5) is 4.39 Å². The second kappa shape index (κ2) is 14.9. The monoisotopic (exact) mass is 547 g/mol. The van der Waals surface area contributed by atoms with E-state index in [9.17, 15) is 28.7 Å². The first-order valence-electron chi connectivity index (χ1n) is 12.3. The number of aliphatic hydroxyl groups is 1. The zero-order valence-corrected chi connectivity index (χ0v) is 23.3. The van der Waals surface area contributed by atoms with Gasteiger partial charge in [0.2, 0.25) is 17.7 Å². The second-order valence-corrected chi connectivity index (χ2v) is 10.2. The number of likely N-dealkylation sites (N-methyl/N-ethyl adjacent to an activating group) is 1. The predicted octanol–water partition coefficient (Wildman–Crippen LogP) is 0.702. The summed E-state index contributed by atoms with van der Waals surface area (Å²) in [6.45, 7) is 10.8. The highest BCUT2D eigenvalue weighted by molar-refractivity contribution is 5.96. The molecule has 0 spiro atoms. The molecule has 4 amide bonds. The Hall–Kier alpha value is -3.82. The molecule has 0 saturated heterocycles. The van der Waals surface area contributed by atoms with Crippen LogP contribution in [0.15, 0.2) is 30.4 Å². The smallest absolute Gasteiger partial charge is 0.263 e. The zero-order chi connectivity index (χ0) is 29.9. The molecular weight excluding hydrogens is 509 g/mol. The van der Waals surface area contributed by atoms with Gasteiger partial charge in [-0.2, -0.15) is 5.26 Å². The van der Waals surface area contributed by atoms with E-state index in [-0.39, 0.29) is 37.4 Å². The topological polar surface area (TPSA) is 161 Å². The molecule has 0 unspecified atom stereocenters. The number of aliphatic hydroxyl groups excluding tert-OH is 1. The van der Waals surface area contributed by atoms with Crippen molar-refractivity contribution in [2.75, 3.05) is 26.8 Å². The van der Waals surface area contributed by atoms with Crippen molar-refractivity contribution in [3.63, 3.8) is 0 Å². The van der Waals surface area contributed by atoms with Crippen molar-refractivity contribution >= 4 is 23.6 Å². The van der Waals surface area contributed by atoms with Gasteiger partial charge in [-0.25, -0.2) is 4.39 Å². The van der Waals surface area contributed by atoms with Gasteiger partial charge in [-0.05, 0) is 25.5 Å². The van der Waals surface area contributed by atoms with Gasteiger partial charge < -0.3 is 30.7 Å². The van der Waals surface area contributed by atoms with Gasteiger partial charge in [0.05, 0.1) is 19.3 Å². The zero-order valence-electron chi connectivity index (χ0n) is 23.3. The molecular formula is C27H38FN5O6. The molecule has 1 aromatic rings. The fraction of sp³-hybridized carbons (Fsp3) is 0.519. The third-order valence-corrected chi connectivity index (χ3v) is 5.62. The Morgan fingerprint density at radius 1 is 1.21 bits per heavy atom. The Morgan fingerprint density at radius 3 is 2.38 bits per heavy atom. The minimum absolute atomic E-state index is 0.0478. The average Bonchev–Trinajstić information content (AvgIpc) is 2.85. The molecule has 0 bridgehead atoms. The van der Waals surface area contributed by atoms with Gasteiger partial charge in [-0.3, -0.25) is 19.2 Å². The first kappa shape index (κ1) is 33.2. The van der Waals surface area contributed by atoms with Crippen LogP contribution in [0.1, 0.15) is 38.8 Å². The Bertz CT molecular complexity index is 1110. The fourth-order valence-electron chi connectivity index (χ4n) is 3.09. The van der Waals surface area contributed by atoms with Gasteiger partial charge in [0.25, 0.3) is 5.91 Å². The maximum Gasteiger partial charge on any atom is 0.263 e. The maximum atomic E-state index is 14.2. The van der Waals surface area contributed by atoms with Gasteiger partial charge in [-0.1, -0.05) is 39.5 Å². The molecule has 0 heterocycles. The number of rotatable bonds is 13. The molecule has 39 heavy (non-hydrogen) atoms. The molecule has 4 N–H and O–H groups in total. The number of ether oxygens (including phenoxy) is 1. The van der Waals surface area contributed by atoms with Gasteiger partial charge in [-0.15, -0.1) is 0 Å². The Labute approximate surface area is 228 Å². The Morgan fingerprint density at radius 2 is 1.85 bits per heavy atom. The van der Waals surface area contributed by atoms with Crippen molar-refractivity contribution in [3.05, 3.63) is 47.3 Å². The highest BCUT2D eigenvalue weighted by atomic mass is 19.1. The number of hydrogen-bond acceptors (Lipinski definition) is 7. The normalized spacial score (nSPS) is 13.3. The minimum atomic E-state index is -1.36. The molecule has 1 rings (SSSR count). The van der Waals surface area contributed by atoms with E-state index >= 15 is 0 Å². The highest BCUT2D eigenvalue weighted by Gasteiger charge is 2.33. The minimum Gasteiger partial charge on any atom is -0.391 e. The third kappa shape index (κ3) is 10.8. The molecule has 214 valence electrons. The number of nitriles is 1. The summed E-state index contributed by atoms with van der Waals surface area (Å²) in [5.74, 6) is -3.10. The largest absolute Gasteiger partial charge is 0.391 e. The molecule has 0 saturated carbocycles. The molecule has 0 aliphatic rings. The van der Waals surface area contributed by atoms with Crippen LogP contribution in [0.25, 0.3) is 0 Å². The lowest BCUT2D eigenvalue weighted by Crippen LogP contribution is -2.59. The molecule has 0 aliphatic carbocycles. The summed E-state index contributed by atoms with van der Waals surface area (Å²) >= 11 is 0. The van der Waals surface area contributed by atoms with E-state index in [1.54, 1.807) is 39.8 Å². The summed E-state index contributed by atoms with van der Waals surface area (Å²) in [5, 5.41) is 26.4. The first-order chi connectivity index (χ1) is 18.1. The molecule has 3 atom stereocenters. The van der Waals surface area contributed by atoms with E-state index in [0.29, 0.717) is 5.56 Å². The fourth-order valence-corrected chi connectivity index (χ4v) is 3.09. The van der Waals surface area contributed by atoms with Crippen LogP contribution in [0.5, 0.6) is 0 Å². The number of nitrogens with one attached hydrogen (secondary N) is 3. The highest BCUT2D eigenvalue weighted by Crippen LogP contribution is 2.14. The van der Waals surface area contributed by atoms with Crippen LogP contribution >= 0.6 is 0 Å². The lowest BCUT2D eigenvalue weighted by Gasteiger charge is -2.27. The van der Waals surface area contributed by atoms with Crippen LogP contribution in [0.3, 0.4) is 0 Å². The number of aryl methyl sites for hydroxylation is 1. The van der Waals surface area contributed by atoms with Crippen molar-refractivity contribution in [1.29, 1.82) is 5.26 Å². The van der Waals surface area contributed by atoms with E-state index in [2.05, 4.69) is 22.5 Å². The summed E-state index contributed by atoms with van der Waals surface area (Å²) in [4.78, 5) is 51.6. The van der Waals surface area contributed by atoms with Gasteiger partial charge >= 0.3 is 0 Å². The van der Waals surface area contributed by atoms with Gasteiger partial charge in [0, 0.05) is 31.1 Å². The van der Waals surface area contributed by atoms with Crippen LogP contribution in [-0.4, -0.2) is 78.6 Å². The van der Waals surface area contributed by atoms with E-state index < -0.39 is 53.0 Å². The summed E-state index contributed by atoms with van der Waals surface area (Å²) < 4.78 is 19.7. The molecule has 12 heteroatoms. The van der Waals surface area contributed by atoms with Gasteiger partial charge in [0.15, 0.2) is 0 Å². The van der Waals surface area contributed by atoms with E-state index in [0.717, 1.165) is 0 Å². The van der Waals surface area contributed by atoms with Crippen molar-refractivity contribution in [2.24, 2.45) is 5.41 Å². The first-order valence-corrected chi connectivity index (χ1v) is 12.3. The lowest BCUT2D eigenvalue weighted by atomic mass is 9.94. The molecule has 0 radical (unpaired) electrons. The summed E-state index contributed by atoms with van der Waals surface area (Å²) in [7, 11) is 1.45. The lowest BCUT2D eigenvalue weighted by molar-refractivity contribution is -0.137. The van der Waals surface area contributed by atoms with Crippen LogP contribution in [0, 0.1) is 29.5 Å². The molecule has 0 fully saturated rings. The van der Waals surface area contributed by atoms with Gasteiger partial charge in [0.1, 0.15) is 29.5 Å². The number of carbonyl (C=O) groups is 4. The predicted molar refractivity (Wildman–Crippen MR) is 141 cm³/mol. The van der Waals surface area contributed by atoms with Crippen LogP contribution in [0.2, 0.25) is 0 Å². The van der Waals surface area contributed by atoms with Crippen molar-refractivity contribution in [2.45, 2.75) is 59.4 Å². The molecule has 11 nitrogen and oxygen atoms in total. The number of hydrogen-bond donors (Lipinski definition) is 4. The standard InChI is InChI=1S/C27H38FN5O6/c1-16-8-9-19(20(28)12-16)14-30-23(35)21(15-39-11-10-33(7)25(37)17(2)13-29)31-24(36)22(18(3)34)32-26(38)27(4,5)6/h8-9,12,18,21-22,34H,2,10-11,14-15H2,1,3-7H3,(H,30,35)(H,31,36)(H,32,38)/t18-,21+,22+/m1/s1. The molecule has 1 aromatic carbocycles. The second-order valence-electron chi connectivity index (χ2n) is 10.2. The Kier molecular flexibility index (Phi) is 12.7. The maximum absolute atomic E-state index is 14.2. The summed E-state index contributed by atoms with van der Waals surface area (Å²) in [6, 6.07) is 3.57. The molecule has 0 aromatic heterocycles. The molecule has 0 aliphatic heterocycles. The number of halogens is 1. The van der Waals surface area contributed by atoms with Crippen molar-refractivity contribution in [1.82, 2.24) is 20.9 Å². The summed E-state index contributed by atoms with van der Waals surface area (Å²) in [5.41, 5.74) is -0.139. The van der Waals surface area contributed by atoms with Crippen molar-refractivity contribution in [3.8, 4) is 6.07 Å². The quantitative estimate of drug-likeness (QED) is 0.161. The van der Waals surface area contributed by atoms with E-state index in [1.165, 1.54) is 31.0 Å². The summed E-state index contributed by atoms with van der Waals surface area (Å²) in [6.07, 6.45) is -1.28. The van der Waals surface area contributed by atoms with E-state index in [1.807, 2.05) is 0 Å². The Balaban J connectivity index is 2.97. The number of benzene rings is 1. The number of nitrogens with zero attached hydrogens (tertiary/aromatic N) is 2. The van der Waals surface area contributed by atoms with Crippen LogP contribution in [-0.2, 0) is 30.5 Å². The average molecular weight is 548 g/mol. The number of amides is 4. The van der Waals surface area contributed by atoms with Crippen molar-refractivity contribution < 1.29 is 33.4 Å².